The molecule has 0 unspecified atom stereocenters. The highest BCUT2D eigenvalue weighted by Crippen LogP contribution is 2.12. The monoisotopic (exact) mass is 303 g/mol. The molecular formula is C20H33NO. The van der Waals surface area contributed by atoms with Gasteiger partial charge in [-0.1, -0.05) is 58.6 Å². The maximum absolute atomic E-state index is 12.7. The first-order valence-corrected chi connectivity index (χ1v) is 9.11. The van der Waals surface area contributed by atoms with Crippen molar-refractivity contribution in [2.45, 2.75) is 72.1 Å². The summed E-state index contributed by atoms with van der Waals surface area (Å²) in [6.45, 7) is 8.37. The molecule has 0 aromatic heterocycles. The fourth-order valence-electron chi connectivity index (χ4n) is 2.59. The molecule has 0 saturated carbocycles. The number of benzene rings is 1. The van der Waals surface area contributed by atoms with Gasteiger partial charge in [-0.3, -0.25) is 4.79 Å². The largest absolute Gasteiger partial charge is 0.339 e. The van der Waals surface area contributed by atoms with Crippen LogP contribution in [0.4, 0.5) is 0 Å². The van der Waals surface area contributed by atoms with Crippen LogP contribution in [0.15, 0.2) is 24.3 Å². The number of aryl methyl sites for hydroxylation is 1. The third-order valence-electron chi connectivity index (χ3n) is 4.12. The third-order valence-corrected chi connectivity index (χ3v) is 4.12. The summed E-state index contributed by atoms with van der Waals surface area (Å²) < 4.78 is 0. The van der Waals surface area contributed by atoms with E-state index in [9.17, 15) is 4.79 Å². The van der Waals surface area contributed by atoms with Crippen LogP contribution in [0.5, 0.6) is 0 Å². The van der Waals surface area contributed by atoms with Gasteiger partial charge in [-0.25, -0.2) is 0 Å². The lowest BCUT2D eigenvalue weighted by molar-refractivity contribution is 0.0750. The van der Waals surface area contributed by atoms with E-state index in [0.717, 1.165) is 44.3 Å². The van der Waals surface area contributed by atoms with Crippen LogP contribution in [0.2, 0.25) is 0 Å². The molecule has 1 aromatic rings. The number of amides is 1. The molecule has 0 aliphatic rings. The van der Waals surface area contributed by atoms with Crippen molar-refractivity contribution < 1.29 is 4.79 Å². The van der Waals surface area contributed by atoms with Crippen LogP contribution in [0.3, 0.4) is 0 Å². The summed E-state index contributed by atoms with van der Waals surface area (Å²) in [5.41, 5.74) is 2.18. The van der Waals surface area contributed by atoms with Gasteiger partial charge in [0.25, 0.3) is 5.91 Å². The Hall–Kier alpha value is -1.31. The van der Waals surface area contributed by atoms with Crippen molar-refractivity contribution in [1.29, 1.82) is 0 Å². The van der Waals surface area contributed by atoms with E-state index in [-0.39, 0.29) is 5.91 Å². The Morgan fingerprint density at radius 3 is 2.00 bits per heavy atom. The fourth-order valence-corrected chi connectivity index (χ4v) is 2.59. The molecule has 0 aliphatic heterocycles. The molecule has 1 rings (SSSR count). The van der Waals surface area contributed by atoms with Crippen molar-refractivity contribution in [3.8, 4) is 0 Å². The van der Waals surface area contributed by atoms with E-state index in [0.29, 0.717) is 0 Å². The van der Waals surface area contributed by atoms with E-state index in [2.05, 4.69) is 32.9 Å². The van der Waals surface area contributed by atoms with Crippen LogP contribution in [0.1, 0.15) is 81.6 Å². The van der Waals surface area contributed by atoms with E-state index in [1.54, 1.807) is 0 Å². The summed E-state index contributed by atoms with van der Waals surface area (Å²) in [6, 6.07) is 8.25. The zero-order valence-corrected chi connectivity index (χ0v) is 14.7. The molecule has 1 aromatic carbocycles. The standard InChI is InChI=1S/C20H33NO/c1-4-7-10-17-21(16-9-6-3)20(22)19-14-12-18(13-15-19)11-8-5-2/h12-15H,4-11,16-17H2,1-3H3. The van der Waals surface area contributed by atoms with E-state index >= 15 is 0 Å². The molecule has 2 nitrogen and oxygen atoms in total. The van der Waals surface area contributed by atoms with Crippen molar-refractivity contribution in [2.75, 3.05) is 13.1 Å². The maximum atomic E-state index is 12.7. The Morgan fingerprint density at radius 1 is 0.818 bits per heavy atom. The predicted octanol–water partition coefficient (Wildman–Crippen LogP) is 5.46. The second-order valence-electron chi connectivity index (χ2n) is 6.15. The van der Waals surface area contributed by atoms with Crippen molar-refractivity contribution >= 4 is 5.91 Å². The average molecular weight is 303 g/mol. The lowest BCUT2D eigenvalue weighted by atomic mass is 10.1. The Morgan fingerprint density at radius 2 is 1.41 bits per heavy atom. The van der Waals surface area contributed by atoms with E-state index in [1.807, 2.05) is 17.0 Å². The molecule has 1 amide bonds. The average Bonchev–Trinajstić information content (AvgIpc) is 2.56. The third kappa shape index (κ3) is 6.64. The van der Waals surface area contributed by atoms with Crippen LogP contribution in [-0.4, -0.2) is 23.9 Å². The van der Waals surface area contributed by atoms with Gasteiger partial charge < -0.3 is 4.90 Å². The molecule has 0 spiro atoms. The fraction of sp³-hybridized carbons (Fsp3) is 0.650. The number of carbonyl (C=O) groups is 1. The highest BCUT2D eigenvalue weighted by atomic mass is 16.2. The topological polar surface area (TPSA) is 20.3 Å². The maximum Gasteiger partial charge on any atom is 0.253 e. The molecule has 0 aliphatic carbocycles. The number of rotatable bonds is 11. The zero-order valence-electron chi connectivity index (χ0n) is 14.7. The van der Waals surface area contributed by atoms with Gasteiger partial charge in [0.1, 0.15) is 0 Å². The lowest BCUT2D eigenvalue weighted by Crippen LogP contribution is -2.33. The smallest absolute Gasteiger partial charge is 0.253 e. The summed E-state index contributed by atoms with van der Waals surface area (Å²) in [5.74, 6) is 0.201. The summed E-state index contributed by atoms with van der Waals surface area (Å²) >= 11 is 0. The summed E-state index contributed by atoms with van der Waals surface area (Å²) in [5, 5.41) is 0. The first-order valence-electron chi connectivity index (χ1n) is 9.11. The molecule has 0 radical (unpaired) electrons. The van der Waals surface area contributed by atoms with Crippen molar-refractivity contribution in [1.82, 2.24) is 4.90 Å². The van der Waals surface area contributed by atoms with Gasteiger partial charge in [-0.05, 0) is 43.4 Å². The minimum atomic E-state index is 0.201. The normalized spacial score (nSPS) is 10.7. The predicted molar refractivity (Wildman–Crippen MR) is 95.4 cm³/mol. The van der Waals surface area contributed by atoms with E-state index in [1.165, 1.54) is 31.2 Å². The zero-order chi connectivity index (χ0) is 16.2. The number of hydrogen-bond acceptors (Lipinski definition) is 1. The molecule has 0 fully saturated rings. The van der Waals surface area contributed by atoms with Gasteiger partial charge in [-0.2, -0.15) is 0 Å². The van der Waals surface area contributed by atoms with E-state index in [4.69, 9.17) is 0 Å². The SMILES string of the molecule is CCCCCN(CCCC)C(=O)c1ccc(CCCC)cc1. The molecule has 0 N–H and O–H groups in total. The van der Waals surface area contributed by atoms with Gasteiger partial charge in [-0.15, -0.1) is 0 Å². The van der Waals surface area contributed by atoms with Crippen LogP contribution in [0, 0.1) is 0 Å². The van der Waals surface area contributed by atoms with Crippen LogP contribution in [-0.2, 0) is 6.42 Å². The molecule has 0 saturated heterocycles. The number of unbranched alkanes of at least 4 members (excludes halogenated alkanes) is 4. The number of hydrogen-bond donors (Lipinski definition) is 0. The minimum Gasteiger partial charge on any atom is -0.339 e. The quantitative estimate of drug-likeness (QED) is 0.497. The number of nitrogens with zero attached hydrogens (tertiary/aromatic N) is 1. The first kappa shape index (κ1) is 18.7. The molecule has 2 heteroatoms. The van der Waals surface area contributed by atoms with Gasteiger partial charge in [0, 0.05) is 18.7 Å². The number of carbonyl (C=O) groups excluding carboxylic acids is 1. The lowest BCUT2D eigenvalue weighted by Gasteiger charge is -2.22. The van der Waals surface area contributed by atoms with Gasteiger partial charge in [0.15, 0.2) is 0 Å². The highest BCUT2D eigenvalue weighted by molar-refractivity contribution is 5.94. The minimum absolute atomic E-state index is 0.201. The summed E-state index contributed by atoms with van der Waals surface area (Å²) in [7, 11) is 0. The van der Waals surface area contributed by atoms with E-state index < -0.39 is 0 Å². The highest BCUT2D eigenvalue weighted by Gasteiger charge is 2.14. The van der Waals surface area contributed by atoms with Gasteiger partial charge in [0.2, 0.25) is 0 Å². The molecule has 0 heterocycles. The molecule has 0 atom stereocenters. The molecular weight excluding hydrogens is 270 g/mol. The van der Waals surface area contributed by atoms with Gasteiger partial charge in [0.05, 0.1) is 0 Å². The Kier molecular flexibility index (Phi) is 9.61. The van der Waals surface area contributed by atoms with Crippen molar-refractivity contribution in [3.05, 3.63) is 35.4 Å². The molecule has 0 bridgehead atoms. The second-order valence-corrected chi connectivity index (χ2v) is 6.15. The van der Waals surface area contributed by atoms with Crippen LogP contribution < -0.4 is 0 Å². The second kappa shape index (κ2) is 11.3. The van der Waals surface area contributed by atoms with Crippen LogP contribution in [0.25, 0.3) is 0 Å². The van der Waals surface area contributed by atoms with Crippen molar-refractivity contribution in [3.63, 3.8) is 0 Å². The Balaban J connectivity index is 2.65. The molecule has 124 valence electrons. The molecule has 22 heavy (non-hydrogen) atoms. The Labute approximate surface area is 136 Å². The first-order chi connectivity index (χ1) is 10.7. The summed E-state index contributed by atoms with van der Waals surface area (Å²) in [4.78, 5) is 14.7. The van der Waals surface area contributed by atoms with Crippen molar-refractivity contribution in [2.24, 2.45) is 0 Å². The Bertz CT molecular complexity index is 410. The van der Waals surface area contributed by atoms with Crippen LogP contribution >= 0.6 is 0 Å². The summed E-state index contributed by atoms with van der Waals surface area (Å²) in [6.07, 6.45) is 9.27. The van der Waals surface area contributed by atoms with Gasteiger partial charge >= 0.3 is 0 Å².